The minimum atomic E-state index is -4.60. The lowest BCUT2D eigenvalue weighted by Gasteiger charge is -2.32. The highest BCUT2D eigenvalue weighted by Crippen LogP contribution is 2.34. The SMILES string of the molecule is N#C/C(=C/NC1CCN(Cc2ccccc2)CC1)C(=O)Nc1ccccc1C(F)(F)F. The zero-order valence-electron chi connectivity index (χ0n) is 16.8. The Bertz CT molecular complexity index is 959. The van der Waals surface area contributed by atoms with Crippen LogP contribution in [-0.2, 0) is 17.5 Å². The number of nitrogens with one attached hydrogen (secondary N) is 2. The molecular weight excluding hydrogens is 405 g/mol. The molecule has 2 N–H and O–H groups in total. The van der Waals surface area contributed by atoms with Crippen LogP contribution in [0.1, 0.15) is 24.0 Å². The number of carbonyl (C=O) groups excluding carboxylic acids is 1. The summed E-state index contributed by atoms with van der Waals surface area (Å²) >= 11 is 0. The van der Waals surface area contributed by atoms with Crippen molar-refractivity contribution in [3.63, 3.8) is 0 Å². The molecule has 1 heterocycles. The van der Waals surface area contributed by atoms with Crippen LogP contribution in [0.3, 0.4) is 0 Å². The summed E-state index contributed by atoms with van der Waals surface area (Å²) in [5.41, 5.74) is -0.366. The Labute approximate surface area is 179 Å². The first-order valence-corrected chi connectivity index (χ1v) is 9.97. The maximum absolute atomic E-state index is 13.1. The van der Waals surface area contributed by atoms with Crippen molar-refractivity contribution in [3.8, 4) is 6.07 Å². The topological polar surface area (TPSA) is 68.2 Å². The van der Waals surface area contributed by atoms with Gasteiger partial charge in [-0.05, 0) is 30.5 Å². The summed E-state index contributed by atoms with van der Waals surface area (Å²) in [6, 6.07) is 16.7. The van der Waals surface area contributed by atoms with Gasteiger partial charge in [-0.3, -0.25) is 9.69 Å². The summed E-state index contributed by atoms with van der Waals surface area (Å²) < 4.78 is 39.3. The van der Waals surface area contributed by atoms with E-state index in [9.17, 15) is 23.2 Å². The summed E-state index contributed by atoms with van der Waals surface area (Å²) in [6.45, 7) is 2.61. The van der Waals surface area contributed by atoms with E-state index in [1.165, 1.54) is 23.9 Å². The maximum Gasteiger partial charge on any atom is 0.418 e. The quantitative estimate of drug-likeness (QED) is 0.532. The monoisotopic (exact) mass is 428 g/mol. The molecule has 31 heavy (non-hydrogen) atoms. The summed E-state index contributed by atoms with van der Waals surface area (Å²) in [7, 11) is 0. The number of amides is 1. The molecule has 0 radical (unpaired) electrons. The molecule has 0 unspecified atom stereocenters. The number of rotatable bonds is 6. The number of alkyl halides is 3. The number of likely N-dealkylation sites (tertiary alicyclic amines) is 1. The number of nitriles is 1. The number of benzene rings is 2. The Balaban J connectivity index is 1.54. The first-order chi connectivity index (χ1) is 14.9. The fourth-order valence-electron chi connectivity index (χ4n) is 3.48. The molecule has 1 fully saturated rings. The third kappa shape index (κ3) is 6.33. The molecule has 8 heteroatoms. The van der Waals surface area contributed by atoms with Gasteiger partial charge in [0.25, 0.3) is 5.91 Å². The molecule has 5 nitrogen and oxygen atoms in total. The molecule has 3 rings (SSSR count). The van der Waals surface area contributed by atoms with E-state index in [2.05, 4.69) is 27.7 Å². The van der Waals surface area contributed by atoms with Crippen LogP contribution in [0.4, 0.5) is 18.9 Å². The van der Waals surface area contributed by atoms with Crippen LogP contribution >= 0.6 is 0 Å². The number of hydrogen-bond acceptors (Lipinski definition) is 4. The number of nitrogens with zero attached hydrogens (tertiary/aromatic N) is 2. The van der Waals surface area contributed by atoms with Crippen LogP contribution < -0.4 is 10.6 Å². The molecule has 1 aliphatic heterocycles. The molecule has 0 aliphatic carbocycles. The lowest BCUT2D eigenvalue weighted by Crippen LogP contribution is -2.40. The van der Waals surface area contributed by atoms with Crippen molar-refractivity contribution < 1.29 is 18.0 Å². The molecule has 1 aliphatic rings. The number of anilines is 1. The van der Waals surface area contributed by atoms with Crippen LogP contribution in [0.5, 0.6) is 0 Å². The second-order valence-electron chi connectivity index (χ2n) is 7.37. The van der Waals surface area contributed by atoms with E-state index in [1.807, 2.05) is 18.2 Å². The van der Waals surface area contributed by atoms with Crippen molar-refractivity contribution in [2.45, 2.75) is 31.6 Å². The van der Waals surface area contributed by atoms with E-state index < -0.39 is 17.6 Å². The second-order valence-corrected chi connectivity index (χ2v) is 7.37. The zero-order valence-corrected chi connectivity index (χ0v) is 16.8. The molecule has 1 saturated heterocycles. The molecule has 0 spiro atoms. The molecule has 0 saturated carbocycles. The lowest BCUT2D eigenvalue weighted by atomic mass is 10.0. The Kier molecular flexibility index (Phi) is 7.32. The van der Waals surface area contributed by atoms with E-state index >= 15 is 0 Å². The van der Waals surface area contributed by atoms with Gasteiger partial charge >= 0.3 is 6.18 Å². The normalized spacial score (nSPS) is 15.9. The van der Waals surface area contributed by atoms with Gasteiger partial charge in [0.05, 0.1) is 11.3 Å². The molecule has 0 atom stereocenters. The van der Waals surface area contributed by atoms with E-state index in [1.54, 1.807) is 6.07 Å². The first kappa shape index (κ1) is 22.4. The van der Waals surface area contributed by atoms with Crippen LogP contribution in [0, 0.1) is 11.3 Å². The lowest BCUT2D eigenvalue weighted by molar-refractivity contribution is -0.137. The standard InChI is InChI=1S/C23H23F3N4O/c24-23(25,26)20-8-4-5-9-21(20)29-22(31)18(14-27)15-28-19-10-12-30(13-11-19)16-17-6-2-1-3-7-17/h1-9,15,19,28H,10-13,16H2,(H,29,31)/b18-15-. The molecule has 0 bridgehead atoms. The fourth-order valence-corrected chi connectivity index (χ4v) is 3.48. The molecule has 162 valence electrons. The minimum Gasteiger partial charge on any atom is -0.387 e. The average molecular weight is 428 g/mol. The van der Waals surface area contributed by atoms with Crippen molar-refractivity contribution in [2.75, 3.05) is 18.4 Å². The van der Waals surface area contributed by atoms with Gasteiger partial charge in [0, 0.05) is 31.9 Å². The Morgan fingerprint density at radius 2 is 1.74 bits per heavy atom. The predicted octanol–water partition coefficient (Wildman–Crippen LogP) is 4.31. The van der Waals surface area contributed by atoms with Gasteiger partial charge in [-0.15, -0.1) is 0 Å². The van der Waals surface area contributed by atoms with Crippen molar-refractivity contribution >= 4 is 11.6 Å². The van der Waals surface area contributed by atoms with Gasteiger partial charge in [-0.25, -0.2) is 0 Å². The van der Waals surface area contributed by atoms with E-state index in [-0.39, 0.29) is 17.3 Å². The van der Waals surface area contributed by atoms with Crippen molar-refractivity contribution in [1.82, 2.24) is 10.2 Å². The van der Waals surface area contributed by atoms with Gasteiger partial charge < -0.3 is 10.6 Å². The van der Waals surface area contributed by atoms with Crippen molar-refractivity contribution in [3.05, 3.63) is 77.5 Å². The Morgan fingerprint density at radius 3 is 2.39 bits per heavy atom. The Hall–Kier alpha value is -3.31. The van der Waals surface area contributed by atoms with Gasteiger partial charge in [-0.1, -0.05) is 42.5 Å². The van der Waals surface area contributed by atoms with Crippen LogP contribution in [0.15, 0.2) is 66.4 Å². The van der Waals surface area contributed by atoms with Crippen molar-refractivity contribution in [1.29, 1.82) is 5.26 Å². The molecule has 0 aromatic heterocycles. The number of carbonyl (C=O) groups is 1. The van der Waals surface area contributed by atoms with Crippen LogP contribution in [0.2, 0.25) is 0 Å². The average Bonchev–Trinajstić information content (AvgIpc) is 2.76. The molecule has 2 aromatic carbocycles. The van der Waals surface area contributed by atoms with E-state index in [0.29, 0.717) is 0 Å². The van der Waals surface area contributed by atoms with Gasteiger partial charge in [0.2, 0.25) is 0 Å². The number of halogens is 3. The van der Waals surface area contributed by atoms with Crippen LogP contribution in [-0.4, -0.2) is 29.9 Å². The third-order valence-electron chi connectivity index (χ3n) is 5.15. The second kappa shape index (κ2) is 10.1. The summed E-state index contributed by atoms with van der Waals surface area (Å²) in [4.78, 5) is 14.7. The molecule has 2 aromatic rings. The van der Waals surface area contributed by atoms with Crippen LogP contribution in [0.25, 0.3) is 0 Å². The Morgan fingerprint density at radius 1 is 1.10 bits per heavy atom. The third-order valence-corrected chi connectivity index (χ3v) is 5.15. The van der Waals surface area contributed by atoms with Gasteiger partial charge in [-0.2, -0.15) is 18.4 Å². The first-order valence-electron chi connectivity index (χ1n) is 9.97. The van der Waals surface area contributed by atoms with E-state index in [4.69, 9.17) is 0 Å². The zero-order chi connectivity index (χ0) is 22.3. The maximum atomic E-state index is 13.1. The van der Waals surface area contributed by atoms with Gasteiger partial charge in [0.15, 0.2) is 0 Å². The highest BCUT2D eigenvalue weighted by atomic mass is 19.4. The predicted molar refractivity (Wildman–Crippen MR) is 112 cm³/mol. The largest absolute Gasteiger partial charge is 0.418 e. The number of piperidine rings is 1. The highest BCUT2D eigenvalue weighted by Gasteiger charge is 2.33. The summed E-state index contributed by atoms with van der Waals surface area (Å²) in [6.07, 6.45) is -1.64. The van der Waals surface area contributed by atoms with Crippen molar-refractivity contribution in [2.24, 2.45) is 0 Å². The molecular formula is C23H23F3N4O. The fraction of sp³-hybridized carbons (Fsp3) is 0.304. The van der Waals surface area contributed by atoms with E-state index in [0.717, 1.165) is 44.6 Å². The number of hydrogen-bond donors (Lipinski definition) is 2. The minimum absolute atomic E-state index is 0.0886. The summed E-state index contributed by atoms with van der Waals surface area (Å²) in [5, 5.41) is 14.6. The highest BCUT2D eigenvalue weighted by molar-refractivity contribution is 6.06. The molecule has 1 amide bonds. The van der Waals surface area contributed by atoms with Gasteiger partial charge in [0.1, 0.15) is 11.6 Å². The summed E-state index contributed by atoms with van der Waals surface area (Å²) in [5.74, 6) is -0.881. The smallest absolute Gasteiger partial charge is 0.387 e. The number of para-hydroxylation sites is 1.